The number of halogens is 1. The van der Waals surface area contributed by atoms with Crippen LogP contribution < -0.4 is 18.9 Å². The van der Waals surface area contributed by atoms with E-state index >= 15 is 0 Å². The molecule has 4 heterocycles. The van der Waals surface area contributed by atoms with E-state index in [-0.39, 0.29) is 22.8 Å². The molecule has 0 spiro atoms. The van der Waals surface area contributed by atoms with Gasteiger partial charge in [-0.1, -0.05) is 12.1 Å². The topological polar surface area (TPSA) is 156 Å². The van der Waals surface area contributed by atoms with Crippen LogP contribution in [0.25, 0.3) is 28.5 Å². The summed E-state index contributed by atoms with van der Waals surface area (Å²) in [5, 5.41) is 0. The highest BCUT2D eigenvalue weighted by molar-refractivity contribution is 7.70. The summed E-state index contributed by atoms with van der Waals surface area (Å²) in [6.07, 6.45) is 3.20. The van der Waals surface area contributed by atoms with Gasteiger partial charge >= 0.3 is 0 Å². The molecule has 15 heteroatoms. The number of benzene rings is 1. The summed E-state index contributed by atoms with van der Waals surface area (Å²) < 4.78 is 57.8. The fraction of sp³-hybridized carbons (Fsp3) is 0.200. The molecule has 0 aliphatic heterocycles. The van der Waals surface area contributed by atoms with Crippen molar-refractivity contribution in [2.75, 3.05) is 20.8 Å². The van der Waals surface area contributed by atoms with Crippen LogP contribution in [-0.2, 0) is 10.9 Å². The highest BCUT2D eigenvalue weighted by Gasteiger charge is 2.26. The lowest BCUT2D eigenvalue weighted by molar-refractivity contribution is 0.327. The van der Waals surface area contributed by atoms with Crippen LogP contribution in [0.4, 0.5) is 4.39 Å². The van der Waals surface area contributed by atoms with Crippen LogP contribution in [0.2, 0.25) is 0 Å². The van der Waals surface area contributed by atoms with Gasteiger partial charge in [-0.15, -0.1) is 0 Å². The molecule has 1 N–H and O–H groups in total. The van der Waals surface area contributed by atoms with Crippen LogP contribution in [0.3, 0.4) is 0 Å². The molecular formula is C25H23FN8O5S. The number of methoxy groups -OCH3 is 2. The average Bonchev–Trinajstić information content (AvgIpc) is 3.34. The third kappa shape index (κ3) is 5.23. The van der Waals surface area contributed by atoms with E-state index < -0.39 is 22.7 Å². The van der Waals surface area contributed by atoms with Gasteiger partial charge in [-0.05, 0) is 25.1 Å². The Morgan fingerprint density at radius 1 is 0.950 bits per heavy atom. The summed E-state index contributed by atoms with van der Waals surface area (Å²) in [5.41, 5.74) is 1.49. The molecule has 4 aromatic heterocycles. The van der Waals surface area contributed by atoms with Crippen molar-refractivity contribution in [3.05, 3.63) is 72.3 Å². The fourth-order valence-electron chi connectivity index (χ4n) is 4.04. The first-order valence-electron chi connectivity index (χ1n) is 11.9. The second-order valence-corrected chi connectivity index (χ2v) is 8.87. The van der Waals surface area contributed by atoms with Crippen molar-refractivity contribution in [2.45, 2.75) is 13.0 Å². The van der Waals surface area contributed by atoms with Crippen LogP contribution in [0.1, 0.15) is 24.5 Å². The molecule has 0 aliphatic rings. The summed E-state index contributed by atoms with van der Waals surface area (Å²) in [6, 6.07) is 9.34. The number of imidazole rings is 1. The molecule has 13 nitrogen and oxygen atoms in total. The normalized spacial score (nSPS) is 12.0. The number of pyridine rings is 1. The fourth-order valence-corrected chi connectivity index (χ4v) is 4.50. The summed E-state index contributed by atoms with van der Waals surface area (Å²) in [4.78, 5) is 26.3. The maximum atomic E-state index is 13.5. The second kappa shape index (κ2) is 11.5. The van der Waals surface area contributed by atoms with E-state index in [0.717, 1.165) is 12.4 Å². The zero-order valence-electron chi connectivity index (χ0n) is 21.5. The standard InChI is InChI=1S/C25H23FN8O5S/c1-4-39-19-10-5-7-15(30-19)24-32-23-25(34(24)21-17(37-2)8-6-9-18(21)38-3)31-16(13-29-23)20(33-40(35)36)22-27-11-14(26)12-28-22/h5-13,20,40H,4H2,1-3H3,(H,33,35,36). The number of rotatable bonds is 10. The number of para-hydroxylation sites is 1. The lowest BCUT2D eigenvalue weighted by Gasteiger charge is -2.17. The average molecular weight is 567 g/mol. The van der Waals surface area contributed by atoms with E-state index in [1.807, 2.05) is 6.92 Å². The number of thiol groups is 1. The lowest BCUT2D eigenvalue weighted by atomic mass is 10.2. The van der Waals surface area contributed by atoms with Crippen molar-refractivity contribution in [2.24, 2.45) is 0 Å². The van der Waals surface area contributed by atoms with Gasteiger partial charge < -0.3 is 14.2 Å². The van der Waals surface area contributed by atoms with Gasteiger partial charge in [-0.2, -0.15) is 0 Å². The van der Waals surface area contributed by atoms with Gasteiger partial charge in [0.15, 0.2) is 28.8 Å². The predicted octanol–water partition coefficient (Wildman–Crippen LogP) is 2.43. The van der Waals surface area contributed by atoms with Crippen LogP contribution in [0, 0.1) is 5.82 Å². The summed E-state index contributed by atoms with van der Waals surface area (Å²) >= 11 is 0. The molecule has 1 aromatic carbocycles. The molecule has 0 saturated carbocycles. The van der Waals surface area contributed by atoms with Gasteiger partial charge in [-0.25, -0.2) is 47.4 Å². The third-order valence-electron chi connectivity index (χ3n) is 5.69. The van der Waals surface area contributed by atoms with E-state index in [0.29, 0.717) is 41.2 Å². The minimum Gasteiger partial charge on any atom is -0.494 e. The van der Waals surface area contributed by atoms with Crippen molar-refractivity contribution in [3.63, 3.8) is 0 Å². The number of aromatic nitrogens is 7. The number of nitrogens with zero attached hydrogens (tertiary/aromatic N) is 7. The summed E-state index contributed by atoms with van der Waals surface area (Å²) in [6.45, 7) is 2.27. The molecular weight excluding hydrogens is 543 g/mol. The number of ether oxygens (including phenoxy) is 3. The van der Waals surface area contributed by atoms with Crippen molar-refractivity contribution < 1.29 is 27.0 Å². The Balaban J connectivity index is 1.80. The minimum absolute atomic E-state index is 0.0264. The smallest absolute Gasteiger partial charge is 0.213 e. The van der Waals surface area contributed by atoms with E-state index in [1.165, 1.54) is 20.4 Å². The number of hydrogen-bond donors (Lipinski definition) is 2. The largest absolute Gasteiger partial charge is 0.494 e. The lowest BCUT2D eigenvalue weighted by Crippen LogP contribution is -2.24. The van der Waals surface area contributed by atoms with E-state index in [9.17, 15) is 12.8 Å². The molecule has 1 unspecified atom stereocenters. The number of fused-ring (bicyclic) bond motifs is 1. The molecule has 1 atom stereocenters. The third-order valence-corrected chi connectivity index (χ3v) is 6.16. The molecule has 206 valence electrons. The Morgan fingerprint density at radius 3 is 2.30 bits per heavy atom. The van der Waals surface area contributed by atoms with Crippen LogP contribution in [-0.4, -0.2) is 63.7 Å². The molecule has 0 bridgehead atoms. The molecule has 0 fully saturated rings. The summed E-state index contributed by atoms with van der Waals surface area (Å²) in [7, 11) is -0.0959. The molecule has 0 aliphatic carbocycles. The van der Waals surface area contributed by atoms with Crippen molar-refractivity contribution in [1.82, 2.24) is 39.2 Å². The molecule has 0 saturated heterocycles. The maximum Gasteiger partial charge on any atom is 0.213 e. The summed E-state index contributed by atoms with van der Waals surface area (Å²) in [5.74, 6) is 0.905. The Morgan fingerprint density at radius 2 is 1.65 bits per heavy atom. The highest BCUT2D eigenvalue weighted by Crippen LogP contribution is 2.38. The van der Waals surface area contributed by atoms with Crippen molar-refractivity contribution in [1.29, 1.82) is 0 Å². The quantitative estimate of drug-likeness (QED) is 0.239. The zero-order valence-corrected chi connectivity index (χ0v) is 22.4. The Labute approximate surface area is 229 Å². The van der Waals surface area contributed by atoms with E-state index in [1.54, 1.807) is 41.0 Å². The van der Waals surface area contributed by atoms with Crippen LogP contribution in [0.5, 0.6) is 17.4 Å². The molecule has 5 aromatic rings. The van der Waals surface area contributed by atoms with Gasteiger partial charge in [0, 0.05) is 6.07 Å². The van der Waals surface area contributed by atoms with E-state index in [4.69, 9.17) is 24.2 Å². The monoisotopic (exact) mass is 566 g/mol. The second-order valence-electron chi connectivity index (χ2n) is 8.10. The van der Waals surface area contributed by atoms with Crippen molar-refractivity contribution in [3.8, 4) is 34.6 Å². The molecule has 0 amide bonds. The van der Waals surface area contributed by atoms with E-state index in [2.05, 4.69) is 24.7 Å². The number of nitrogens with one attached hydrogen (secondary N) is 1. The predicted molar refractivity (Wildman–Crippen MR) is 141 cm³/mol. The first-order chi connectivity index (χ1) is 19.4. The van der Waals surface area contributed by atoms with Gasteiger partial charge in [0.2, 0.25) is 16.8 Å². The van der Waals surface area contributed by atoms with Crippen molar-refractivity contribution >= 4 is 22.2 Å². The maximum absolute atomic E-state index is 13.5. The Kier molecular flexibility index (Phi) is 7.75. The van der Waals surface area contributed by atoms with Gasteiger partial charge in [0.1, 0.15) is 28.9 Å². The van der Waals surface area contributed by atoms with Gasteiger partial charge in [-0.3, -0.25) is 4.57 Å². The van der Waals surface area contributed by atoms with Gasteiger partial charge in [0.05, 0.1) is 45.1 Å². The first kappa shape index (κ1) is 26.8. The van der Waals surface area contributed by atoms with Crippen LogP contribution in [0.15, 0.2) is 55.0 Å². The first-order valence-corrected chi connectivity index (χ1v) is 13.1. The highest BCUT2D eigenvalue weighted by atomic mass is 32.2. The van der Waals surface area contributed by atoms with Gasteiger partial charge in [0.25, 0.3) is 0 Å². The molecule has 5 rings (SSSR count). The SMILES string of the molecule is CCOc1cccc(-c2nc3ncc(C(N[SH](=O)=O)c4ncc(F)cn4)nc3n2-c2c(OC)cccc2OC)n1. The Hall–Kier alpha value is -4.76. The van der Waals surface area contributed by atoms with Crippen LogP contribution >= 0.6 is 0 Å². The Bertz CT molecular complexity index is 1720. The molecule has 40 heavy (non-hydrogen) atoms. The minimum atomic E-state index is -3.12. The zero-order chi connectivity index (χ0) is 28.2. The molecule has 0 radical (unpaired) electrons. The number of hydrogen-bond acceptors (Lipinski definition) is 11.